The van der Waals surface area contributed by atoms with Gasteiger partial charge in [-0.25, -0.2) is 0 Å². The van der Waals surface area contributed by atoms with Crippen LogP contribution in [-0.4, -0.2) is 27.2 Å². The van der Waals surface area contributed by atoms with Crippen molar-refractivity contribution in [2.24, 2.45) is 4.99 Å². The van der Waals surface area contributed by atoms with Crippen LogP contribution in [0, 0.1) is 0 Å². The molecule has 0 heterocycles. The first-order valence-corrected chi connectivity index (χ1v) is 9.87. The van der Waals surface area contributed by atoms with E-state index in [2.05, 4.69) is 65.7 Å². The lowest BCUT2D eigenvalue weighted by atomic mass is 10.1. The third-order valence-electron chi connectivity index (χ3n) is 4.13. The molecule has 3 nitrogen and oxygen atoms in total. The van der Waals surface area contributed by atoms with E-state index < -0.39 is 0 Å². The van der Waals surface area contributed by atoms with Crippen LogP contribution in [0.3, 0.4) is 0 Å². The fourth-order valence-corrected chi connectivity index (χ4v) is 4.17. The smallest absolute Gasteiger partial charge is 0.188 e. The Hall–Kier alpha value is -2.48. The molecule has 3 rings (SSSR count). The standard InChI is InChI=1S/C23H24NO2P/c1-24-16-20-10-6-7-11-22(20)27-23-15-19(12-13-21(23)26-17-25-2)14-18-8-4-3-5-9-18/h3-13,15-16,27H,14,17H2,1-2H3. The molecule has 0 radical (unpaired) electrons. The average Bonchev–Trinajstić information content (AvgIpc) is 2.70. The Bertz CT molecular complexity index is 894. The third kappa shape index (κ3) is 5.50. The van der Waals surface area contributed by atoms with Crippen LogP contribution in [0.1, 0.15) is 16.7 Å². The summed E-state index contributed by atoms with van der Waals surface area (Å²) >= 11 is 0. The molecule has 3 aromatic rings. The van der Waals surface area contributed by atoms with E-state index >= 15 is 0 Å². The van der Waals surface area contributed by atoms with Gasteiger partial charge in [0.25, 0.3) is 0 Å². The Labute approximate surface area is 162 Å². The van der Waals surface area contributed by atoms with Crippen LogP contribution >= 0.6 is 8.58 Å². The van der Waals surface area contributed by atoms with Gasteiger partial charge in [-0.3, -0.25) is 4.99 Å². The zero-order valence-corrected chi connectivity index (χ0v) is 16.7. The maximum atomic E-state index is 5.81. The van der Waals surface area contributed by atoms with Crippen molar-refractivity contribution in [1.29, 1.82) is 0 Å². The molecule has 0 aliphatic heterocycles. The Morgan fingerprint density at radius 3 is 2.44 bits per heavy atom. The van der Waals surface area contributed by atoms with Crippen LogP contribution in [0.25, 0.3) is 0 Å². The number of ether oxygens (including phenoxy) is 2. The number of aliphatic imine (C=N–C) groups is 1. The van der Waals surface area contributed by atoms with Gasteiger partial charge >= 0.3 is 0 Å². The van der Waals surface area contributed by atoms with E-state index in [-0.39, 0.29) is 6.79 Å². The lowest BCUT2D eigenvalue weighted by molar-refractivity contribution is 0.0519. The first-order chi connectivity index (χ1) is 13.3. The summed E-state index contributed by atoms with van der Waals surface area (Å²) in [5.74, 6) is 0.871. The SMILES string of the molecule is CN=Cc1ccccc1Pc1cc(Cc2ccccc2)ccc1OCOC. The molecule has 0 spiro atoms. The molecular weight excluding hydrogens is 353 g/mol. The molecule has 0 saturated carbocycles. The van der Waals surface area contributed by atoms with Crippen LogP contribution in [0.2, 0.25) is 0 Å². The van der Waals surface area contributed by atoms with E-state index in [4.69, 9.17) is 9.47 Å². The summed E-state index contributed by atoms with van der Waals surface area (Å²) in [7, 11) is 3.92. The molecule has 27 heavy (non-hydrogen) atoms. The molecule has 0 saturated heterocycles. The number of nitrogens with zero attached hydrogens (tertiary/aromatic N) is 1. The molecule has 0 aliphatic carbocycles. The highest BCUT2D eigenvalue weighted by atomic mass is 31.1. The van der Waals surface area contributed by atoms with Crippen molar-refractivity contribution in [2.45, 2.75) is 6.42 Å². The number of hydrogen-bond donors (Lipinski definition) is 0. The summed E-state index contributed by atoms with van der Waals surface area (Å²) < 4.78 is 10.9. The van der Waals surface area contributed by atoms with Gasteiger partial charge in [-0.15, -0.1) is 0 Å². The molecule has 1 unspecified atom stereocenters. The lowest BCUT2D eigenvalue weighted by Crippen LogP contribution is -2.13. The molecule has 0 aromatic heterocycles. The number of rotatable bonds is 8. The van der Waals surface area contributed by atoms with E-state index in [0.29, 0.717) is 8.58 Å². The van der Waals surface area contributed by atoms with Crippen LogP contribution in [0.5, 0.6) is 5.75 Å². The van der Waals surface area contributed by atoms with E-state index in [9.17, 15) is 0 Å². The first-order valence-electron chi connectivity index (χ1n) is 8.87. The topological polar surface area (TPSA) is 30.8 Å². The zero-order chi connectivity index (χ0) is 18.9. The predicted molar refractivity (Wildman–Crippen MR) is 116 cm³/mol. The van der Waals surface area contributed by atoms with Crippen LogP contribution in [-0.2, 0) is 11.2 Å². The van der Waals surface area contributed by atoms with E-state index in [1.54, 1.807) is 14.2 Å². The van der Waals surface area contributed by atoms with Gasteiger partial charge in [-0.2, -0.15) is 0 Å². The molecule has 0 aliphatic rings. The van der Waals surface area contributed by atoms with Gasteiger partial charge in [0, 0.05) is 25.7 Å². The highest BCUT2D eigenvalue weighted by Crippen LogP contribution is 2.23. The minimum absolute atomic E-state index is 0.244. The van der Waals surface area contributed by atoms with Gasteiger partial charge in [0.1, 0.15) is 5.75 Å². The van der Waals surface area contributed by atoms with E-state index in [1.807, 2.05) is 18.3 Å². The Morgan fingerprint density at radius 2 is 1.67 bits per heavy atom. The summed E-state index contributed by atoms with van der Waals surface area (Å²) in [6.07, 6.45) is 2.81. The third-order valence-corrected chi connectivity index (χ3v) is 5.51. The van der Waals surface area contributed by atoms with Gasteiger partial charge in [0.15, 0.2) is 6.79 Å². The molecule has 0 N–H and O–H groups in total. The minimum Gasteiger partial charge on any atom is -0.467 e. The number of methoxy groups -OCH3 is 1. The highest BCUT2D eigenvalue weighted by molar-refractivity contribution is 7.56. The summed E-state index contributed by atoms with van der Waals surface area (Å²) in [4.78, 5) is 4.18. The fraction of sp³-hybridized carbons (Fsp3) is 0.174. The largest absolute Gasteiger partial charge is 0.467 e. The van der Waals surface area contributed by atoms with Crippen LogP contribution in [0.15, 0.2) is 77.8 Å². The van der Waals surface area contributed by atoms with E-state index in [1.165, 1.54) is 21.7 Å². The fourth-order valence-electron chi connectivity index (χ4n) is 2.87. The normalized spacial score (nSPS) is 11.5. The quantitative estimate of drug-likeness (QED) is 0.338. The predicted octanol–water partition coefficient (Wildman–Crippen LogP) is 3.94. The monoisotopic (exact) mass is 377 g/mol. The molecule has 3 aromatic carbocycles. The number of benzene rings is 3. The second kappa shape index (κ2) is 10.0. The van der Waals surface area contributed by atoms with Gasteiger partial charge in [0.2, 0.25) is 0 Å². The van der Waals surface area contributed by atoms with Crippen LogP contribution in [0.4, 0.5) is 0 Å². The zero-order valence-electron chi connectivity index (χ0n) is 15.7. The highest BCUT2D eigenvalue weighted by Gasteiger charge is 2.09. The van der Waals surface area contributed by atoms with Crippen molar-refractivity contribution in [2.75, 3.05) is 21.0 Å². The van der Waals surface area contributed by atoms with Crippen molar-refractivity contribution in [3.05, 3.63) is 89.5 Å². The molecule has 0 bridgehead atoms. The van der Waals surface area contributed by atoms with Crippen molar-refractivity contribution >= 4 is 25.4 Å². The Morgan fingerprint density at radius 1 is 0.889 bits per heavy atom. The van der Waals surface area contributed by atoms with Gasteiger partial charge in [0.05, 0.1) is 0 Å². The van der Waals surface area contributed by atoms with Crippen LogP contribution < -0.4 is 15.3 Å². The maximum Gasteiger partial charge on any atom is 0.188 e. The molecule has 1 atom stereocenters. The van der Waals surface area contributed by atoms with Crippen molar-refractivity contribution in [3.63, 3.8) is 0 Å². The molecule has 0 amide bonds. The summed E-state index contributed by atoms with van der Waals surface area (Å²) in [6.45, 7) is 0.244. The molecular formula is C23H24NO2P. The van der Waals surface area contributed by atoms with Gasteiger partial charge < -0.3 is 9.47 Å². The van der Waals surface area contributed by atoms with Crippen molar-refractivity contribution in [1.82, 2.24) is 0 Å². The summed E-state index contributed by atoms with van der Waals surface area (Å²) in [6, 6.07) is 25.3. The second-order valence-electron chi connectivity index (χ2n) is 6.14. The van der Waals surface area contributed by atoms with Gasteiger partial charge in [-0.05, 0) is 40.5 Å². The minimum atomic E-state index is 0.244. The Kier molecular flexibility index (Phi) is 7.15. The first kappa shape index (κ1) is 19.3. The molecule has 0 fully saturated rings. The Balaban J connectivity index is 1.91. The summed E-state index contributed by atoms with van der Waals surface area (Å²) in [5.41, 5.74) is 3.72. The van der Waals surface area contributed by atoms with Gasteiger partial charge in [-0.1, -0.05) is 69.2 Å². The molecule has 138 valence electrons. The van der Waals surface area contributed by atoms with Crippen molar-refractivity contribution in [3.8, 4) is 5.75 Å². The van der Waals surface area contributed by atoms with E-state index in [0.717, 1.165) is 17.7 Å². The average molecular weight is 377 g/mol. The second-order valence-corrected chi connectivity index (χ2v) is 7.47. The maximum absolute atomic E-state index is 5.81. The number of hydrogen-bond acceptors (Lipinski definition) is 3. The molecule has 4 heteroatoms. The lowest BCUT2D eigenvalue weighted by Gasteiger charge is -2.14. The summed E-state index contributed by atoms with van der Waals surface area (Å²) in [5, 5.41) is 2.43. The van der Waals surface area contributed by atoms with Crippen molar-refractivity contribution < 1.29 is 9.47 Å².